The molecule has 67 heavy (non-hydrogen) atoms. The summed E-state index contributed by atoms with van der Waals surface area (Å²) in [6.07, 6.45) is 67.2. The van der Waals surface area contributed by atoms with Crippen LogP contribution in [-0.4, -0.2) is 37.2 Å². The molecule has 0 spiro atoms. The van der Waals surface area contributed by atoms with Crippen molar-refractivity contribution in [3.63, 3.8) is 0 Å². The smallest absolute Gasteiger partial charge is 0.306 e. The Bertz CT molecular complexity index is 1130. The van der Waals surface area contributed by atoms with Crippen LogP contribution in [0, 0.1) is 0 Å². The summed E-state index contributed by atoms with van der Waals surface area (Å²) in [5, 5.41) is 0. The molecule has 0 rings (SSSR count). The Morgan fingerprint density at radius 1 is 0.299 bits per heavy atom. The fraction of sp³-hybridized carbons (Fsp3) is 0.852. The van der Waals surface area contributed by atoms with Crippen molar-refractivity contribution in [3.8, 4) is 0 Å². The number of unbranched alkanes of at least 4 members (excludes halogenated alkanes) is 37. The van der Waals surface area contributed by atoms with Crippen LogP contribution in [0.15, 0.2) is 36.5 Å². The number of allylic oxidation sites excluding steroid dienone is 6. The van der Waals surface area contributed by atoms with E-state index in [2.05, 4.69) is 57.2 Å². The second-order valence-corrected chi connectivity index (χ2v) is 19.9. The first kappa shape index (κ1) is 64.6. The van der Waals surface area contributed by atoms with Gasteiger partial charge in [0.25, 0.3) is 0 Å². The second-order valence-electron chi connectivity index (χ2n) is 19.9. The predicted molar refractivity (Wildman–Crippen MR) is 289 cm³/mol. The molecule has 392 valence electrons. The van der Waals surface area contributed by atoms with Gasteiger partial charge in [0, 0.05) is 19.3 Å². The van der Waals surface area contributed by atoms with Gasteiger partial charge in [-0.25, -0.2) is 0 Å². The van der Waals surface area contributed by atoms with E-state index in [1.54, 1.807) is 0 Å². The summed E-state index contributed by atoms with van der Waals surface area (Å²) >= 11 is 0. The van der Waals surface area contributed by atoms with Gasteiger partial charge in [-0.3, -0.25) is 14.4 Å². The van der Waals surface area contributed by atoms with Crippen LogP contribution in [0.5, 0.6) is 0 Å². The molecule has 0 saturated carbocycles. The normalized spacial score (nSPS) is 12.2. The predicted octanol–water partition coefficient (Wildman–Crippen LogP) is 19.7. The summed E-state index contributed by atoms with van der Waals surface area (Å²) in [6, 6.07) is 0. The lowest BCUT2D eigenvalue weighted by Gasteiger charge is -2.18. The van der Waals surface area contributed by atoms with Gasteiger partial charge >= 0.3 is 17.9 Å². The van der Waals surface area contributed by atoms with E-state index in [0.29, 0.717) is 19.3 Å². The molecule has 0 amide bonds. The number of ether oxygens (including phenoxy) is 3. The zero-order valence-corrected chi connectivity index (χ0v) is 44.9. The van der Waals surface area contributed by atoms with E-state index in [1.165, 1.54) is 199 Å². The fourth-order valence-corrected chi connectivity index (χ4v) is 8.65. The van der Waals surface area contributed by atoms with E-state index in [4.69, 9.17) is 14.2 Å². The van der Waals surface area contributed by atoms with Crippen LogP contribution in [-0.2, 0) is 28.6 Å². The third-order valence-electron chi connectivity index (χ3n) is 13.1. The minimum atomic E-state index is -0.774. The lowest BCUT2D eigenvalue weighted by molar-refractivity contribution is -0.167. The van der Waals surface area contributed by atoms with Gasteiger partial charge in [-0.1, -0.05) is 263 Å². The Kier molecular flexibility index (Phi) is 54.2. The molecule has 0 saturated heterocycles. The van der Waals surface area contributed by atoms with Gasteiger partial charge in [0.05, 0.1) is 0 Å². The van der Waals surface area contributed by atoms with Crippen LogP contribution in [0.4, 0.5) is 0 Å². The summed E-state index contributed by atoms with van der Waals surface area (Å²) in [5.41, 5.74) is 0. The molecule has 0 aliphatic heterocycles. The highest BCUT2D eigenvalue weighted by Crippen LogP contribution is 2.17. The SMILES string of the molecule is CCC/C=C\CCCCCCCC(=O)OCC(COC(=O)CCCCCCCCCCCCCCCCCCCCCC)OC(=O)CCCCCCCCCCC/C=C\C/C=C\CCCCC. The van der Waals surface area contributed by atoms with Gasteiger partial charge in [0.1, 0.15) is 13.2 Å². The van der Waals surface area contributed by atoms with Crippen molar-refractivity contribution in [1.29, 1.82) is 0 Å². The van der Waals surface area contributed by atoms with Crippen molar-refractivity contribution in [2.45, 2.75) is 322 Å². The summed E-state index contributed by atoms with van der Waals surface area (Å²) in [6.45, 7) is 6.59. The molecule has 0 N–H and O–H groups in total. The molecule has 0 aliphatic carbocycles. The van der Waals surface area contributed by atoms with Gasteiger partial charge in [-0.15, -0.1) is 0 Å². The molecule has 0 radical (unpaired) electrons. The van der Waals surface area contributed by atoms with E-state index >= 15 is 0 Å². The molecule has 0 fully saturated rings. The van der Waals surface area contributed by atoms with Crippen LogP contribution < -0.4 is 0 Å². The van der Waals surface area contributed by atoms with E-state index in [9.17, 15) is 14.4 Å². The minimum Gasteiger partial charge on any atom is -0.462 e. The molecule has 0 aromatic heterocycles. The summed E-state index contributed by atoms with van der Waals surface area (Å²) in [7, 11) is 0. The monoisotopic (exact) mass is 941 g/mol. The molecule has 0 bridgehead atoms. The molecule has 0 aromatic rings. The van der Waals surface area contributed by atoms with E-state index in [1.807, 2.05) is 0 Å². The van der Waals surface area contributed by atoms with E-state index < -0.39 is 6.10 Å². The number of rotatable bonds is 54. The first-order chi connectivity index (χ1) is 33.0. The molecule has 6 heteroatoms. The first-order valence-corrected chi connectivity index (χ1v) is 29.5. The molecule has 0 aromatic carbocycles. The molecule has 1 unspecified atom stereocenters. The number of esters is 3. The van der Waals surface area contributed by atoms with Crippen molar-refractivity contribution < 1.29 is 28.6 Å². The average Bonchev–Trinajstić information content (AvgIpc) is 3.33. The molecular formula is C61H112O6. The van der Waals surface area contributed by atoms with Crippen molar-refractivity contribution in [2.24, 2.45) is 0 Å². The van der Waals surface area contributed by atoms with Gasteiger partial charge in [0.2, 0.25) is 0 Å². The summed E-state index contributed by atoms with van der Waals surface area (Å²) in [5.74, 6) is -0.871. The van der Waals surface area contributed by atoms with Gasteiger partial charge in [-0.2, -0.15) is 0 Å². The Morgan fingerprint density at radius 3 is 0.925 bits per heavy atom. The third kappa shape index (κ3) is 54.4. The van der Waals surface area contributed by atoms with E-state index in [0.717, 1.165) is 77.0 Å². The van der Waals surface area contributed by atoms with Crippen LogP contribution in [0.2, 0.25) is 0 Å². The maximum Gasteiger partial charge on any atom is 0.306 e. The van der Waals surface area contributed by atoms with Crippen molar-refractivity contribution in [1.82, 2.24) is 0 Å². The maximum absolute atomic E-state index is 12.8. The van der Waals surface area contributed by atoms with Crippen molar-refractivity contribution in [2.75, 3.05) is 13.2 Å². The maximum atomic E-state index is 12.8. The van der Waals surface area contributed by atoms with Crippen LogP contribution in [0.1, 0.15) is 316 Å². The Hall–Kier alpha value is -2.37. The summed E-state index contributed by atoms with van der Waals surface area (Å²) in [4.78, 5) is 38.1. The van der Waals surface area contributed by atoms with Gasteiger partial charge in [-0.05, 0) is 70.6 Å². The van der Waals surface area contributed by atoms with E-state index in [-0.39, 0.29) is 31.1 Å². The topological polar surface area (TPSA) is 78.9 Å². The highest BCUT2D eigenvalue weighted by molar-refractivity contribution is 5.71. The number of carbonyl (C=O) groups is 3. The first-order valence-electron chi connectivity index (χ1n) is 29.5. The Balaban J connectivity index is 4.25. The summed E-state index contributed by atoms with van der Waals surface area (Å²) < 4.78 is 16.9. The number of carbonyl (C=O) groups excluding carboxylic acids is 3. The molecule has 0 heterocycles. The minimum absolute atomic E-state index is 0.0728. The Labute approximate surface area is 416 Å². The molecule has 0 aliphatic rings. The lowest BCUT2D eigenvalue weighted by Crippen LogP contribution is -2.30. The number of hydrogen-bond acceptors (Lipinski definition) is 6. The van der Waals surface area contributed by atoms with Crippen LogP contribution >= 0.6 is 0 Å². The lowest BCUT2D eigenvalue weighted by atomic mass is 10.0. The number of hydrogen-bond donors (Lipinski definition) is 0. The second kappa shape index (κ2) is 56.2. The molecular weight excluding hydrogens is 829 g/mol. The van der Waals surface area contributed by atoms with Crippen molar-refractivity contribution >= 4 is 17.9 Å². The van der Waals surface area contributed by atoms with Gasteiger partial charge < -0.3 is 14.2 Å². The van der Waals surface area contributed by atoms with Crippen LogP contribution in [0.25, 0.3) is 0 Å². The fourth-order valence-electron chi connectivity index (χ4n) is 8.65. The van der Waals surface area contributed by atoms with Crippen molar-refractivity contribution in [3.05, 3.63) is 36.5 Å². The van der Waals surface area contributed by atoms with Gasteiger partial charge in [0.15, 0.2) is 6.10 Å². The largest absolute Gasteiger partial charge is 0.462 e. The molecule has 1 atom stereocenters. The Morgan fingerprint density at radius 2 is 0.567 bits per heavy atom. The zero-order chi connectivity index (χ0) is 48.6. The highest BCUT2D eigenvalue weighted by Gasteiger charge is 2.19. The standard InChI is InChI=1S/C61H112O6/c1-4-7-10-13-16-19-22-24-26-28-30-32-33-35-37-39-42-45-48-51-54-60(63)66-57-58(56-65-59(62)53-50-47-44-41-21-18-15-12-9-6-3)67-61(64)55-52-49-46-43-40-38-36-34-31-29-27-25-23-20-17-14-11-8-5-2/h12,15,17,20,25,27,58H,4-11,13-14,16,18-19,21-24,26,28-57H2,1-3H3/b15-12-,20-17-,27-25-. The quantitative estimate of drug-likeness (QED) is 0.0262. The third-order valence-corrected chi connectivity index (χ3v) is 13.1. The highest BCUT2D eigenvalue weighted by atomic mass is 16.6. The zero-order valence-electron chi connectivity index (χ0n) is 44.9. The average molecular weight is 942 g/mol. The van der Waals surface area contributed by atoms with Crippen LogP contribution in [0.3, 0.4) is 0 Å². The molecule has 6 nitrogen and oxygen atoms in total.